The molecule has 3 N–H and O–H groups in total. The minimum Gasteiger partial charge on any atom is -0.389 e. The van der Waals surface area contributed by atoms with Gasteiger partial charge >= 0.3 is 0 Å². The van der Waals surface area contributed by atoms with Crippen LogP contribution in [-0.4, -0.2) is 24.1 Å². The molecule has 1 amide bonds. The normalized spacial score (nSPS) is 10.3. The van der Waals surface area contributed by atoms with Crippen LogP contribution in [0.25, 0.3) is 0 Å². The highest BCUT2D eigenvalue weighted by Gasteiger charge is 2.03. The molecule has 4 nitrogen and oxygen atoms in total. The number of hydrogen-bond acceptors (Lipinski definition) is 3. The summed E-state index contributed by atoms with van der Waals surface area (Å²) in [4.78, 5) is 12.1. The number of nitrogens with two attached hydrogens (primary N) is 1. The molecule has 0 heterocycles. The fourth-order valence-corrected chi connectivity index (χ4v) is 1.98. The van der Waals surface area contributed by atoms with Crippen LogP contribution < -0.4 is 11.1 Å². The summed E-state index contributed by atoms with van der Waals surface area (Å²) in [5, 5.41) is 2.82. The molecular formula is C16H24N2O2S. The van der Waals surface area contributed by atoms with E-state index in [1.807, 2.05) is 0 Å². The third-order valence-electron chi connectivity index (χ3n) is 3.07. The molecule has 21 heavy (non-hydrogen) atoms. The standard InChI is InChI=1S/C16H24N2O2S/c1-2-3-4-5-11-20-12-10-15(19)18-14-8-6-13(7-9-14)16(17)21/h6-9H,2-5,10-12H2,1H3,(H2,17,21)(H,18,19). The highest BCUT2D eigenvalue weighted by atomic mass is 32.1. The number of ether oxygens (including phenoxy) is 1. The van der Waals surface area contributed by atoms with Gasteiger partial charge in [0.1, 0.15) is 4.99 Å². The lowest BCUT2D eigenvalue weighted by atomic mass is 10.2. The van der Waals surface area contributed by atoms with E-state index < -0.39 is 0 Å². The Morgan fingerprint density at radius 1 is 1.19 bits per heavy atom. The van der Waals surface area contributed by atoms with E-state index in [9.17, 15) is 4.79 Å². The fourth-order valence-electron chi connectivity index (χ4n) is 1.84. The molecule has 0 saturated carbocycles. The van der Waals surface area contributed by atoms with Crippen molar-refractivity contribution in [1.82, 2.24) is 0 Å². The van der Waals surface area contributed by atoms with Gasteiger partial charge in [-0.05, 0) is 30.7 Å². The number of anilines is 1. The molecule has 1 aromatic rings. The molecule has 0 unspecified atom stereocenters. The molecule has 1 rings (SSSR count). The van der Waals surface area contributed by atoms with Crippen LogP contribution in [0.15, 0.2) is 24.3 Å². The van der Waals surface area contributed by atoms with Crippen molar-refractivity contribution in [3.05, 3.63) is 29.8 Å². The van der Waals surface area contributed by atoms with Crippen LogP contribution in [0, 0.1) is 0 Å². The smallest absolute Gasteiger partial charge is 0.226 e. The largest absolute Gasteiger partial charge is 0.389 e. The molecule has 0 aromatic heterocycles. The zero-order chi connectivity index (χ0) is 15.5. The lowest BCUT2D eigenvalue weighted by molar-refractivity contribution is -0.117. The van der Waals surface area contributed by atoms with Gasteiger partial charge < -0.3 is 15.8 Å². The molecule has 0 radical (unpaired) electrons. The predicted molar refractivity (Wildman–Crippen MR) is 90.5 cm³/mol. The van der Waals surface area contributed by atoms with Gasteiger partial charge in [-0.1, -0.05) is 38.4 Å². The van der Waals surface area contributed by atoms with E-state index in [1.54, 1.807) is 24.3 Å². The minimum atomic E-state index is -0.0494. The number of benzene rings is 1. The van der Waals surface area contributed by atoms with Crippen molar-refractivity contribution in [2.75, 3.05) is 18.5 Å². The summed E-state index contributed by atoms with van der Waals surface area (Å²) in [6, 6.07) is 7.17. The summed E-state index contributed by atoms with van der Waals surface area (Å²) in [7, 11) is 0. The SMILES string of the molecule is CCCCCCOCCC(=O)Nc1ccc(C(N)=S)cc1. The Balaban J connectivity index is 2.17. The molecule has 0 aliphatic carbocycles. The number of unbranched alkanes of at least 4 members (excludes halogenated alkanes) is 3. The van der Waals surface area contributed by atoms with Crippen LogP contribution in [-0.2, 0) is 9.53 Å². The second-order valence-corrected chi connectivity index (χ2v) is 5.35. The van der Waals surface area contributed by atoms with Gasteiger partial charge in [0.05, 0.1) is 13.0 Å². The Bertz CT molecular complexity index is 446. The van der Waals surface area contributed by atoms with Crippen LogP contribution in [0.5, 0.6) is 0 Å². The molecule has 0 aliphatic heterocycles. The molecule has 0 atom stereocenters. The monoisotopic (exact) mass is 308 g/mol. The van der Waals surface area contributed by atoms with Crippen LogP contribution in [0.1, 0.15) is 44.6 Å². The number of thiocarbonyl (C=S) groups is 1. The second-order valence-electron chi connectivity index (χ2n) is 4.91. The molecule has 1 aromatic carbocycles. The van der Waals surface area contributed by atoms with Crippen molar-refractivity contribution in [1.29, 1.82) is 0 Å². The van der Waals surface area contributed by atoms with Crippen LogP contribution in [0.4, 0.5) is 5.69 Å². The van der Waals surface area contributed by atoms with Gasteiger partial charge in [0.25, 0.3) is 0 Å². The maximum atomic E-state index is 11.7. The first-order chi connectivity index (χ1) is 10.1. The molecule has 0 aliphatic rings. The van der Waals surface area contributed by atoms with Crippen molar-refractivity contribution in [2.24, 2.45) is 5.73 Å². The number of rotatable bonds is 10. The molecule has 0 bridgehead atoms. The maximum Gasteiger partial charge on any atom is 0.226 e. The van der Waals surface area contributed by atoms with Crippen molar-refractivity contribution in [2.45, 2.75) is 39.0 Å². The first kappa shape index (κ1) is 17.6. The van der Waals surface area contributed by atoms with E-state index in [-0.39, 0.29) is 5.91 Å². The molecule has 0 fully saturated rings. The maximum absolute atomic E-state index is 11.7. The Kier molecular flexibility index (Phi) is 8.62. The minimum absolute atomic E-state index is 0.0494. The topological polar surface area (TPSA) is 64.3 Å². The van der Waals surface area contributed by atoms with E-state index in [2.05, 4.69) is 12.2 Å². The number of carbonyl (C=O) groups excluding carboxylic acids is 1. The lowest BCUT2D eigenvalue weighted by Crippen LogP contribution is -2.15. The van der Waals surface area contributed by atoms with Crippen LogP contribution in [0.3, 0.4) is 0 Å². The summed E-state index contributed by atoms with van der Waals surface area (Å²) in [5.74, 6) is -0.0494. The molecule has 116 valence electrons. The van der Waals surface area contributed by atoms with E-state index in [0.717, 1.165) is 24.3 Å². The summed E-state index contributed by atoms with van der Waals surface area (Å²) < 4.78 is 5.44. The van der Waals surface area contributed by atoms with E-state index in [0.29, 0.717) is 18.0 Å². The zero-order valence-corrected chi connectivity index (χ0v) is 13.4. The Labute approximate surface area is 132 Å². The third kappa shape index (κ3) is 7.78. The van der Waals surface area contributed by atoms with Gasteiger partial charge in [-0.25, -0.2) is 0 Å². The quantitative estimate of drug-likeness (QED) is 0.514. The van der Waals surface area contributed by atoms with E-state index in [4.69, 9.17) is 22.7 Å². The summed E-state index contributed by atoms with van der Waals surface area (Å²) in [5.41, 5.74) is 7.05. The highest BCUT2D eigenvalue weighted by Crippen LogP contribution is 2.10. The van der Waals surface area contributed by atoms with Gasteiger partial charge in [0.2, 0.25) is 5.91 Å². The van der Waals surface area contributed by atoms with Crippen molar-refractivity contribution in [3.8, 4) is 0 Å². The lowest BCUT2D eigenvalue weighted by Gasteiger charge is -2.07. The average molecular weight is 308 g/mol. The second kappa shape index (κ2) is 10.3. The average Bonchev–Trinajstić information content (AvgIpc) is 2.47. The van der Waals surface area contributed by atoms with Gasteiger partial charge in [0.15, 0.2) is 0 Å². The van der Waals surface area contributed by atoms with Crippen molar-refractivity contribution >= 4 is 28.8 Å². The highest BCUT2D eigenvalue weighted by molar-refractivity contribution is 7.80. The van der Waals surface area contributed by atoms with Gasteiger partial charge in [-0.15, -0.1) is 0 Å². The predicted octanol–water partition coefficient (Wildman–Crippen LogP) is 3.25. The number of amides is 1. The van der Waals surface area contributed by atoms with E-state index in [1.165, 1.54) is 19.3 Å². The third-order valence-corrected chi connectivity index (χ3v) is 3.30. The molecule has 0 spiro atoms. The first-order valence-electron chi connectivity index (χ1n) is 7.41. The summed E-state index contributed by atoms with van der Waals surface area (Å²) in [6.07, 6.45) is 5.08. The molecule has 0 saturated heterocycles. The number of hydrogen-bond donors (Lipinski definition) is 2. The van der Waals surface area contributed by atoms with Crippen LogP contribution >= 0.6 is 12.2 Å². The summed E-state index contributed by atoms with van der Waals surface area (Å²) in [6.45, 7) is 3.37. The molecule has 5 heteroatoms. The molecular weight excluding hydrogens is 284 g/mol. The van der Waals surface area contributed by atoms with E-state index >= 15 is 0 Å². The van der Waals surface area contributed by atoms with Crippen molar-refractivity contribution in [3.63, 3.8) is 0 Å². The fraction of sp³-hybridized carbons (Fsp3) is 0.500. The number of nitrogens with one attached hydrogen (secondary N) is 1. The zero-order valence-electron chi connectivity index (χ0n) is 12.6. The first-order valence-corrected chi connectivity index (χ1v) is 7.81. The Morgan fingerprint density at radius 2 is 1.90 bits per heavy atom. The van der Waals surface area contributed by atoms with Crippen LogP contribution in [0.2, 0.25) is 0 Å². The van der Waals surface area contributed by atoms with Crippen molar-refractivity contribution < 1.29 is 9.53 Å². The Hall–Kier alpha value is -1.46. The van der Waals surface area contributed by atoms with Gasteiger partial charge in [-0.2, -0.15) is 0 Å². The number of carbonyl (C=O) groups is 1. The summed E-state index contributed by atoms with van der Waals surface area (Å²) >= 11 is 4.88. The van der Waals surface area contributed by atoms with Gasteiger partial charge in [0, 0.05) is 17.9 Å². The van der Waals surface area contributed by atoms with Gasteiger partial charge in [-0.3, -0.25) is 4.79 Å². The Morgan fingerprint density at radius 3 is 2.52 bits per heavy atom.